The van der Waals surface area contributed by atoms with Gasteiger partial charge in [-0.25, -0.2) is 4.79 Å². The van der Waals surface area contributed by atoms with Crippen LogP contribution in [-0.2, 0) is 10.9 Å². The maximum Gasteiger partial charge on any atom is 0.416 e. The van der Waals surface area contributed by atoms with E-state index in [9.17, 15) is 18.0 Å². The number of ether oxygens (including phenoxy) is 2. The molecule has 1 aromatic heterocycles. The average Bonchev–Trinajstić information content (AvgIpc) is 2.78. The Labute approximate surface area is 190 Å². The van der Waals surface area contributed by atoms with Gasteiger partial charge in [-0.1, -0.05) is 6.92 Å². The highest BCUT2D eigenvalue weighted by molar-refractivity contribution is 5.93. The molecule has 10 heteroatoms. The van der Waals surface area contributed by atoms with Crippen molar-refractivity contribution in [1.29, 1.82) is 5.26 Å². The molecule has 1 aliphatic heterocycles. The van der Waals surface area contributed by atoms with Crippen molar-refractivity contribution in [3.63, 3.8) is 0 Å². The van der Waals surface area contributed by atoms with Gasteiger partial charge in [0.25, 0.3) is 0 Å². The Morgan fingerprint density at radius 3 is 2.61 bits per heavy atom. The normalized spacial score (nSPS) is 18.7. The third kappa shape index (κ3) is 5.92. The zero-order chi connectivity index (χ0) is 24.2. The van der Waals surface area contributed by atoms with E-state index in [0.29, 0.717) is 25.2 Å². The number of rotatable bonds is 6. The first-order valence-electron chi connectivity index (χ1n) is 10.7. The summed E-state index contributed by atoms with van der Waals surface area (Å²) in [6, 6.07) is 8.19. The van der Waals surface area contributed by atoms with Crippen molar-refractivity contribution in [2.75, 3.05) is 11.4 Å². The summed E-state index contributed by atoms with van der Waals surface area (Å²) in [6.45, 7) is 5.84. The summed E-state index contributed by atoms with van der Waals surface area (Å²) in [4.78, 5) is 14.6. The number of carbonyl (C=O) groups excluding carboxylic acids is 1. The largest absolute Gasteiger partial charge is 0.489 e. The van der Waals surface area contributed by atoms with Gasteiger partial charge >= 0.3 is 12.1 Å². The monoisotopic (exact) mass is 462 g/mol. The van der Waals surface area contributed by atoms with Crippen molar-refractivity contribution in [1.82, 2.24) is 10.2 Å². The lowest BCUT2D eigenvalue weighted by Gasteiger charge is -2.39. The molecule has 0 spiro atoms. The van der Waals surface area contributed by atoms with E-state index in [4.69, 9.17) is 14.7 Å². The molecule has 0 bridgehead atoms. The van der Waals surface area contributed by atoms with Crippen molar-refractivity contribution in [3.8, 4) is 11.8 Å². The molecule has 2 atom stereocenters. The molecule has 2 heterocycles. The number of carbonyl (C=O) groups is 1. The van der Waals surface area contributed by atoms with Crippen LogP contribution in [0.1, 0.15) is 61.6 Å². The van der Waals surface area contributed by atoms with Gasteiger partial charge in [0.05, 0.1) is 11.7 Å². The smallest absolute Gasteiger partial charge is 0.416 e. The molecule has 33 heavy (non-hydrogen) atoms. The first-order valence-corrected chi connectivity index (χ1v) is 10.7. The molecule has 0 aliphatic carbocycles. The van der Waals surface area contributed by atoms with Gasteiger partial charge in [-0.15, -0.1) is 10.2 Å². The first-order chi connectivity index (χ1) is 15.6. The SMILES string of the molecule is CC[C@H]1C[C@@H](Oc2ccc(C(F)(F)F)cc2C(=O)OC(C)C)CCN1c1ccc(C#N)nn1. The highest BCUT2D eigenvalue weighted by Gasteiger charge is 2.34. The summed E-state index contributed by atoms with van der Waals surface area (Å²) in [5.74, 6) is -0.140. The van der Waals surface area contributed by atoms with Gasteiger partial charge in [-0.05, 0) is 50.6 Å². The van der Waals surface area contributed by atoms with Crippen LogP contribution in [0.5, 0.6) is 5.75 Å². The Morgan fingerprint density at radius 2 is 2.03 bits per heavy atom. The number of hydrogen-bond donors (Lipinski definition) is 0. The van der Waals surface area contributed by atoms with Gasteiger partial charge in [-0.3, -0.25) is 0 Å². The maximum absolute atomic E-state index is 13.2. The second kappa shape index (κ2) is 10.1. The molecule has 1 saturated heterocycles. The van der Waals surface area contributed by atoms with Crippen LogP contribution in [-0.4, -0.2) is 41.0 Å². The Bertz CT molecular complexity index is 1020. The molecule has 3 rings (SSSR count). The zero-order valence-electron chi connectivity index (χ0n) is 18.6. The molecule has 0 radical (unpaired) electrons. The van der Waals surface area contributed by atoms with Crippen LogP contribution in [0.15, 0.2) is 30.3 Å². The molecule has 0 saturated carbocycles. The number of benzene rings is 1. The highest BCUT2D eigenvalue weighted by atomic mass is 19.4. The fourth-order valence-electron chi connectivity index (χ4n) is 3.77. The second-order valence-corrected chi connectivity index (χ2v) is 8.07. The van der Waals surface area contributed by atoms with Crippen molar-refractivity contribution in [2.45, 2.75) is 64.5 Å². The van der Waals surface area contributed by atoms with Gasteiger partial charge in [-0.2, -0.15) is 18.4 Å². The lowest BCUT2D eigenvalue weighted by atomic mass is 9.97. The molecule has 1 fully saturated rings. The lowest BCUT2D eigenvalue weighted by Crippen LogP contribution is -2.46. The number of aromatic nitrogens is 2. The molecule has 0 N–H and O–H groups in total. The molecular weight excluding hydrogens is 437 g/mol. The maximum atomic E-state index is 13.2. The van der Waals surface area contributed by atoms with Gasteiger partial charge in [0.15, 0.2) is 11.5 Å². The third-order valence-electron chi connectivity index (χ3n) is 5.36. The standard InChI is InChI=1S/C23H25F3N4O3/c1-4-17-12-18(9-10-30(17)21-8-6-16(13-27)28-29-21)33-20-7-5-15(23(24,25)26)11-19(20)22(31)32-14(2)3/h5-8,11,14,17-18H,4,9-10,12H2,1-3H3/t17-,18-/m0/s1. The minimum Gasteiger partial charge on any atom is -0.489 e. The quantitative estimate of drug-likeness (QED) is 0.572. The third-order valence-corrected chi connectivity index (χ3v) is 5.36. The van der Waals surface area contributed by atoms with E-state index in [1.54, 1.807) is 26.0 Å². The van der Waals surface area contributed by atoms with Crippen LogP contribution in [0.4, 0.5) is 19.0 Å². The fraction of sp³-hybridized carbons (Fsp3) is 0.478. The van der Waals surface area contributed by atoms with E-state index >= 15 is 0 Å². The Kier molecular flexibility index (Phi) is 7.41. The Balaban J connectivity index is 1.80. The number of halogens is 3. The van der Waals surface area contributed by atoms with Crippen molar-refractivity contribution in [2.24, 2.45) is 0 Å². The molecule has 7 nitrogen and oxygen atoms in total. The number of anilines is 1. The van der Waals surface area contributed by atoms with Crippen LogP contribution < -0.4 is 9.64 Å². The number of hydrogen-bond acceptors (Lipinski definition) is 7. The molecule has 176 valence electrons. The van der Waals surface area contributed by atoms with Gasteiger partial charge < -0.3 is 14.4 Å². The number of nitriles is 1. The fourth-order valence-corrected chi connectivity index (χ4v) is 3.77. The number of piperidine rings is 1. The minimum atomic E-state index is -4.59. The van der Waals surface area contributed by atoms with E-state index in [1.807, 2.05) is 13.0 Å². The predicted molar refractivity (Wildman–Crippen MR) is 114 cm³/mol. The molecule has 1 aromatic carbocycles. The summed E-state index contributed by atoms with van der Waals surface area (Å²) >= 11 is 0. The van der Waals surface area contributed by atoms with Gasteiger partial charge in [0, 0.05) is 25.4 Å². The van der Waals surface area contributed by atoms with Crippen LogP contribution in [0.3, 0.4) is 0 Å². The Morgan fingerprint density at radius 1 is 1.27 bits per heavy atom. The van der Waals surface area contributed by atoms with Gasteiger partial charge in [0.2, 0.25) is 0 Å². The van der Waals surface area contributed by atoms with Crippen LogP contribution >= 0.6 is 0 Å². The van der Waals surface area contributed by atoms with Crippen molar-refractivity contribution in [3.05, 3.63) is 47.2 Å². The van der Waals surface area contributed by atoms with Crippen molar-refractivity contribution < 1.29 is 27.4 Å². The number of alkyl halides is 3. The summed E-state index contributed by atoms with van der Waals surface area (Å²) in [7, 11) is 0. The first kappa shape index (κ1) is 24.3. The van der Waals surface area contributed by atoms with E-state index in [-0.39, 0.29) is 29.2 Å². The van der Waals surface area contributed by atoms with E-state index in [1.165, 1.54) is 6.07 Å². The molecule has 0 unspecified atom stereocenters. The van der Waals surface area contributed by atoms with Crippen LogP contribution in [0.2, 0.25) is 0 Å². The topological polar surface area (TPSA) is 88.3 Å². The van der Waals surface area contributed by atoms with Crippen molar-refractivity contribution >= 4 is 11.8 Å². The van der Waals surface area contributed by atoms with E-state index in [2.05, 4.69) is 15.1 Å². The molecule has 0 amide bonds. The Hall–Kier alpha value is -3.35. The van der Waals surface area contributed by atoms with Gasteiger partial charge in [0.1, 0.15) is 23.5 Å². The second-order valence-electron chi connectivity index (χ2n) is 8.07. The number of esters is 1. The van der Waals surface area contributed by atoms with Crippen LogP contribution in [0, 0.1) is 11.3 Å². The van der Waals surface area contributed by atoms with E-state index in [0.717, 1.165) is 18.6 Å². The lowest BCUT2D eigenvalue weighted by molar-refractivity contribution is -0.137. The molecule has 2 aromatic rings. The number of nitrogens with zero attached hydrogens (tertiary/aromatic N) is 4. The summed E-state index contributed by atoms with van der Waals surface area (Å²) in [6.07, 6.45) is -3.46. The zero-order valence-corrected chi connectivity index (χ0v) is 18.6. The minimum absolute atomic E-state index is 0.0477. The molecular formula is C23H25F3N4O3. The molecule has 1 aliphatic rings. The predicted octanol–water partition coefficient (Wildman–Crippen LogP) is 4.76. The summed E-state index contributed by atoms with van der Waals surface area (Å²) in [5.41, 5.74) is -0.953. The highest BCUT2D eigenvalue weighted by Crippen LogP contribution is 2.35. The van der Waals surface area contributed by atoms with E-state index < -0.39 is 23.8 Å². The van der Waals surface area contributed by atoms with Crippen LogP contribution in [0.25, 0.3) is 0 Å². The average molecular weight is 462 g/mol. The summed E-state index contributed by atoms with van der Waals surface area (Å²) in [5, 5.41) is 16.9. The summed E-state index contributed by atoms with van der Waals surface area (Å²) < 4.78 is 50.8.